The number of nitrogens with one attached hydrogen (secondary N) is 2. The number of amides is 2. The number of hydrogen-bond acceptors (Lipinski definition) is 4. The van der Waals surface area contributed by atoms with Crippen LogP contribution in [0.25, 0.3) is 11.1 Å². The lowest BCUT2D eigenvalue weighted by molar-refractivity contribution is -0.142. The molecule has 2 saturated carbocycles. The minimum absolute atomic E-state index is 0.0310. The summed E-state index contributed by atoms with van der Waals surface area (Å²) in [5, 5.41) is 14.9. The van der Waals surface area contributed by atoms with E-state index in [-0.39, 0.29) is 30.4 Å². The van der Waals surface area contributed by atoms with Crippen LogP contribution < -0.4 is 10.6 Å². The topological polar surface area (TPSA) is 105 Å². The number of fused-ring (bicyclic) bond motifs is 3. The average Bonchev–Trinajstić information content (AvgIpc) is 3.53. The van der Waals surface area contributed by atoms with Gasteiger partial charge in [-0.3, -0.25) is 9.59 Å². The molecule has 2 amide bonds. The number of carboxylic acid groups (broad SMARTS) is 1. The van der Waals surface area contributed by atoms with Gasteiger partial charge in [-0.1, -0.05) is 48.5 Å². The van der Waals surface area contributed by atoms with Crippen LogP contribution in [-0.2, 0) is 14.3 Å². The summed E-state index contributed by atoms with van der Waals surface area (Å²) in [6.45, 7) is 0.205. The number of carboxylic acids is 1. The van der Waals surface area contributed by atoms with Crippen molar-refractivity contribution in [1.82, 2.24) is 10.6 Å². The monoisotopic (exact) mass is 448 g/mol. The second-order valence-corrected chi connectivity index (χ2v) is 9.39. The summed E-state index contributed by atoms with van der Waals surface area (Å²) in [5.41, 5.74) is 3.70. The summed E-state index contributed by atoms with van der Waals surface area (Å²) in [6.07, 6.45) is 2.98. The van der Waals surface area contributed by atoms with Gasteiger partial charge >= 0.3 is 12.1 Å². The van der Waals surface area contributed by atoms with Crippen LogP contribution in [0.2, 0.25) is 0 Å². The molecule has 5 rings (SSSR count). The van der Waals surface area contributed by atoms with Crippen LogP contribution in [0, 0.1) is 5.92 Å². The van der Waals surface area contributed by atoms with Gasteiger partial charge in [0.15, 0.2) is 0 Å². The molecule has 33 heavy (non-hydrogen) atoms. The van der Waals surface area contributed by atoms with Gasteiger partial charge in [-0.25, -0.2) is 4.79 Å². The number of aliphatic carboxylic acids is 1. The molecule has 0 unspecified atom stereocenters. The van der Waals surface area contributed by atoms with E-state index in [9.17, 15) is 14.4 Å². The molecule has 2 fully saturated rings. The first-order valence-electron chi connectivity index (χ1n) is 11.6. The zero-order chi connectivity index (χ0) is 23.0. The molecule has 2 aromatic rings. The van der Waals surface area contributed by atoms with Crippen molar-refractivity contribution in [1.29, 1.82) is 0 Å². The zero-order valence-corrected chi connectivity index (χ0v) is 18.4. The number of hydrogen-bond donors (Lipinski definition) is 3. The lowest BCUT2D eigenvalue weighted by Gasteiger charge is -2.28. The first-order chi connectivity index (χ1) is 16.0. The van der Waals surface area contributed by atoms with Crippen molar-refractivity contribution in [3.05, 3.63) is 59.7 Å². The third kappa shape index (κ3) is 4.19. The maximum Gasteiger partial charge on any atom is 0.408 e. The Morgan fingerprint density at radius 3 is 2.03 bits per heavy atom. The van der Waals surface area contributed by atoms with Crippen LogP contribution in [0.4, 0.5) is 4.79 Å². The Bertz CT molecular complexity index is 1040. The van der Waals surface area contributed by atoms with E-state index in [2.05, 4.69) is 34.9 Å². The second kappa shape index (κ2) is 8.54. The number of alkyl carbamates (subject to hydrolysis) is 1. The Morgan fingerprint density at radius 2 is 1.48 bits per heavy atom. The average molecular weight is 449 g/mol. The SMILES string of the molecule is O=C(NC1(C(=O)NC2CCC(C(=O)O)CC2)CC1)OCC1c2ccccc2-c2ccccc21. The van der Waals surface area contributed by atoms with Crippen LogP contribution >= 0.6 is 0 Å². The molecule has 0 aromatic heterocycles. The molecular weight excluding hydrogens is 420 g/mol. The van der Waals surface area contributed by atoms with E-state index in [0.717, 1.165) is 22.3 Å². The van der Waals surface area contributed by atoms with Gasteiger partial charge in [0.25, 0.3) is 0 Å². The molecule has 7 heteroatoms. The summed E-state index contributed by atoms with van der Waals surface area (Å²) >= 11 is 0. The predicted molar refractivity (Wildman–Crippen MR) is 122 cm³/mol. The minimum Gasteiger partial charge on any atom is -0.481 e. The summed E-state index contributed by atoms with van der Waals surface area (Å²) < 4.78 is 5.60. The van der Waals surface area contributed by atoms with Crippen molar-refractivity contribution in [3.8, 4) is 11.1 Å². The van der Waals surface area contributed by atoms with Crippen molar-refractivity contribution in [2.75, 3.05) is 6.61 Å². The van der Waals surface area contributed by atoms with Gasteiger partial charge in [0.2, 0.25) is 5.91 Å². The fraction of sp³-hybridized carbons (Fsp3) is 0.423. The van der Waals surface area contributed by atoms with Gasteiger partial charge in [-0.2, -0.15) is 0 Å². The molecule has 172 valence electrons. The summed E-state index contributed by atoms with van der Waals surface area (Å²) in [6, 6.07) is 16.3. The molecule has 0 radical (unpaired) electrons. The van der Waals surface area contributed by atoms with Gasteiger partial charge in [0, 0.05) is 12.0 Å². The number of rotatable bonds is 6. The third-order valence-electron chi connectivity index (χ3n) is 7.28. The highest BCUT2D eigenvalue weighted by Crippen LogP contribution is 2.44. The summed E-state index contributed by atoms with van der Waals surface area (Å²) in [7, 11) is 0. The quantitative estimate of drug-likeness (QED) is 0.623. The smallest absolute Gasteiger partial charge is 0.408 e. The zero-order valence-electron chi connectivity index (χ0n) is 18.4. The molecule has 3 N–H and O–H groups in total. The van der Waals surface area contributed by atoms with Crippen molar-refractivity contribution in [2.24, 2.45) is 5.92 Å². The van der Waals surface area contributed by atoms with E-state index in [4.69, 9.17) is 9.84 Å². The van der Waals surface area contributed by atoms with Crippen molar-refractivity contribution >= 4 is 18.0 Å². The van der Waals surface area contributed by atoms with Crippen molar-refractivity contribution in [3.63, 3.8) is 0 Å². The van der Waals surface area contributed by atoms with Gasteiger partial charge in [0.1, 0.15) is 12.1 Å². The Hall–Kier alpha value is -3.35. The van der Waals surface area contributed by atoms with Crippen molar-refractivity contribution < 1.29 is 24.2 Å². The van der Waals surface area contributed by atoms with Crippen LogP contribution in [0.1, 0.15) is 55.6 Å². The first kappa shape index (κ1) is 21.5. The van der Waals surface area contributed by atoms with Crippen molar-refractivity contribution in [2.45, 2.75) is 56.0 Å². The molecular formula is C26H28N2O5. The maximum absolute atomic E-state index is 12.8. The fourth-order valence-electron chi connectivity index (χ4n) is 5.17. The highest BCUT2D eigenvalue weighted by molar-refractivity contribution is 5.93. The van der Waals surface area contributed by atoms with Gasteiger partial charge in [-0.05, 0) is 60.8 Å². The van der Waals surface area contributed by atoms with E-state index in [0.29, 0.717) is 38.5 Å². The van der Waals surface area contributed by atoms with Gasteiger partial charge < -0.3 is 20.5 Å². The maximum atomic E-state index is 12.8. The van der Waals surface area contributed by atoms with E-state index in [1.54, 1.807) is 0 Å². The van der Waals surface area contributed by atoms with Gasteiger partial charge in [0.05, 0.1) is 5.92 Å². The predicted octanol–water partition coefficient (Wildman–Crippen LogP) is 3.82. The van der Waals surface area contributed by atoms with E-state index in [1.165, 1.54) is 0 Å². The molecule has 0 aliphatic heterocycles. The normalized spacial score (nSPS) is 22.5. The summed E-state index contributed by atoms with van der Waals surface area (Å²) in [5.74, 6) is -1.33. The Morgan fingerprint density at radius 1 is 0.909 bits per heavy atom. The molecule has 0 saturated heterocycles. The Kier molecular flexibility index (Phi) is 5.56. The fourth-order valence-corrected chi connectivity index (χ4v) is 5.17. The summed E-state index contributed by atoms with van der Waals surface area (Å²) in [4.78, 5) is 36.6. The van der Waals surface area contributed by atoms with E-state index in [1.807, 2.05) is 24.3 Å². The van der Waals surface area contributed by atoms with E-state index >= 15 is 0 Å². The first-order valence-corrected chi connectivity index (χ1v) is 11.6. The second-order valence-electron chi connectivity index (χ2n) is 9.39. The number of carbonyl (C=O) groups is 3. The lowest BCUT2D eigenvalue weighted by atomic mass is 9.86. The molecule has 0 heterocycles. The standard InChI is InChI=1S/C26H28N2O5/c29-23(30)16-9-11-17(12-10-16)27-24(31)26(13-14-26)28-25(32)33-15-22-20-7-3-1-5-18(20)19-6-2-4-8-21(19)22/h1-8,16-17,22H,9-15H2,(H,27,31)(H,28,32)(H,29,30). The highest BCUT2D eigenvalue weighted by atomic mass is 16.5. The Balaban J connectivity index is 1.16. The molecule has 7 nitrogen and oxygen atoms in total. The van der Waals surface area contributed by atoms with Crippen LogP contribution in [0.15, 0.2) is 48.5 Å². The minimum atomic E-state index is -0.910. The van der Waals surface area contributed by atoms with E-state index < -0.39 is 17.6 Å². The molecule has 0 spiro atoms. The molecule has 3 aliphatic carbocycles. The molecule has 0 bridgehead atoms. The Labute approximate surface area is 192 Å². The largest absolute Gasteiger partial charge is 0.481 e. The molecule has 2 aromatic carbocycles. The van der Waals surface area contributed by atoms with Gasteiger partial charge in [-0.15, -0.1) is 0 Å². The molecule has 3 aliphatic rings. The van der Waals surface area contributed by atoms with Crippen LogP contribution in [0.3, 0.4) is 0 Å². The third-order valence-corrected chi connectivity index (χ3v) is 7.28. The number of ether oxygens (including phenoxy) is 1. The van der Waals surface area contributed by atoms with Crippen LogP contribution in [-0.4, -0.2) is 41.3 Å². The highest BCUT2D eigenvalue weighted by Gasteiger charge is 2.52. The van der Waals surface area contributed by atoms with Crippen LogP contribution in [0.5, 0.6) is 0 Å². The number of carbonyl (C=O) groups excluding carboxylic acids is 2. The lowest BCUT2D eigenvalue weighted by Crippen LogP contribution is -2.52. The molecule has 0 atom stereocenters. The number of benzene rings is 2.